The molecule has 17 heavy (non-hydrogen) atoms. The fourth-order valence-electron chi connectivity index (χ4n) is 2.66. The van der Waals surface area contributed by atoms with Gasteiger partial charge in [-0.15, -0.1) is 0 Å². The van der Waals surface area contributed by atoms with Crippen molar-refractivity contribution in [2.24, 2.45) is 0 Å². The summed E-state index contributed by atoms with van der Waals surface area (Å²) in [7, 11) is 6.33. The molecule has 1 unspecified atom stereocenters. The maximum atomic E-state index is 6.33. The van der Waals surface area contributed by atoms with Crippen molar-refractivity contribution < 1.29 is 0 Å². The van der Waals surface area contributed by atoms with E-state index in [1.54, 1.807) is 0 Å². The summed E-state index contributed by atoms with van der Waals surface area (Å²) in [5.74, 6) is 0. The first-order valence-electron chi connectivity index (χ1n) is 7.21. The van der Waals surface area contributed by atoms with Gasteiger partial charge in [0.05, 0.1) is 7.85 Å². The van der Waals surface area contributed by atoms with Crippen LogP contribution in [0.4, 0.5) is 0 Å². The Balaban J connectivity index is 2.35. The molecule has 0 saturated carbocycles. The topological polar surface area (TPSA) is 3.24 Å². The van der Waals surface area contributed by atoms with Gasteiger partial charge in [-0.2, -0.15) is 0 Å². The van der Waals surface area contributed by atoms with E-state index in [4.69, 9.17) is 7.85 Å². The number of halogens is 1. The zero-order chi connectivity index (χ0) is 12.6. The molecule has 3 heteroatoms. The van der Waals surface area contributed by atoms with Crippen molar-refractivity contribution in [3.63, 3.8) is 0 Å². The van der Waals surface area contributed by atoms with Crippen LogP contribution in [0.15, 0.2) is 0 Å². The van der Waals surface area contributed by atoms with Gasteiger partial charge in [-0.1, -0.05) is 66.7 Å². The summed E-state index contributed by atoms with van der Waals surface area (Å²) in [6.45, 7) is 5.96. The van der Waals surface area contributed by atoms with Crippen molar-refractivity contribution in [1.29, 1.82) is 0 Å². The minimum Gasteiger partial charge on any atom is -0.303 e. The number of hydrogen-bond donors (Lipinski definition) is 0. The molecule has 2 radical (unpaired) electrons. The van der Waals surface area contributed by atoms with Gasteiger partial charge < -0.3 is 4.90 Å². The Morgan fingerprint density at radius 3 is 2.18 bits per heavy atom. The van der Waals surface area contributed by atoms with Crippen LogP contribution in [-0.4, -0.2) is 37.7 Å². The molecule has 1 heterocycles. The van der Waals surface area contributed by atoms with E-state index in [0.29, 0.717) is 0 Å². The van der Waals surface area contributed by atoms with Crippen LogP contribution < -0.4 is 0 Å². The molecular formula is C14H27BBrN. The summed E-state index contributed by atoms with van der Waals surface area (Å²) in [4.78, 5) is 2.60. The molecule has 0 aromatic carbocycles. The smallest absolute Gasteiger partial charge is 0.0742 e. The molecule has 0 aromatic heterocycles. The SMILES string of the molecule is [B]C1(C)CCCCCCN(CCBr)CCCC1. The van der Waals surface area contributed by atoms with Crippen molar-refractivity contribution in [1.82, 2.24) is 4.90 Å². The Morgan fingerprint density at radius 1 is 1.00 bits per heavy atom. The molecule has 0 aromatic rings. The van der Waals surface area contributed by atoms with Crippen LogP contribution >= 0.6 is 15.9 Å². The van der Waals surface area contributed by atoms with E-state index >= 15 is 0 Å². The van der Waals surface area contributed by atoms with E-state index in [-0.39, 0.29) is 5.31 Å². The third kappa shape index (κ3) is 7.51. The Labute approximate surface area is 117 Å². The standard InChI is InChI=1S/C14H27BBrN/c1-14(15)8-4-2-3-6-11-17(13-10-16)12-7-5-9-14/h2-13H2,1H3. The number of rotatable bonds is 2. The van der Waals surface area contributed by atoms with E-state index in [1.165, 1.54) is 71.0 Å². The van der Waals surface area contributed by atoms with Crippen molar-refractivity contribution >= 4 is 23.8 Å². The monoisotopic (exact) mass is 299 g/mol. The van der Waals surface area contributed by atoms with Gasteiger partial charge in [0, 0.05) is 11.9 Å². The summed E-state index contributed by atoms with van der Waals surface area (Å²) in [5, 5.41) is 1.18. The van der Waals surface area contributed by atoms with Gasteiger partial charge >= 0.3 is 0 Å². The van der Waals surface area contributed by atoms with Gasteiger partial charge in [0.1, 0.15) is 0 Å². The third-order valence-electron chi connectivity index (χ3n) is 3.85. The number of hydrogen-bond acceptors (Lipinski definition) is 1. The highest BCUT2D eigenvalue weighted by Crippen LogP contribution is 2.34. The Hall–Kier alpha value is 0.505. The van der Waals surface area contributed by atoms with Gasteiger partial charge in [-0.3, -0.25) is 0 Å². The zero-order valence-electron chi connectivity index (χ0n) is 11.4. The molecule has 0 amide bonds. The van der Waals surface area contributed by atoms with Gasteiger partial charge in [-0.05, 0) is 25.9 Å². The van der Waals surface area contributed by atoms with E-state index in [2.05, 4.69) is 27.8 Å². The fraction of sp³-hybridized carbons (Fsp3) is 1.00. The van der Waals surface area contributed by atoms with E-state index in [0.717, 1.165) is 5.33 Å². The van der Waals surface area contributed by atoms with E-state index in [1.807, 2.05) is 0 Å². The molecule has 1 saturated heterocycles. The Bertz CT molecular complexity index is 197. The average Bonchev–Trinajstić information content (AvgIpc) is 2.27. The van der Waals surface area contributed by atoms with Crippen molar-refractivity contribution in [3.05, 3.63) is 0 Å². The average molecular weight is 300 g/mol. The predicted octanol–water partition coefficient (Wildman–Crippen LogP) is 4.16. The minimum absolute atomic E-state index is 0.0828. The van der Waals surface area contributed by atoms with E-state index < -0.39 is 0 Å². The summed E-state index contributed by atoms with van der Waals surface area (Å²) < 4.78 is 0. The van der Waals surface area contributed by atoms with E-state index in [9.17, 15) is 0 Å². The third-order valence-corrected chi connectivity index (χ3v) is 4.20. The van der Waals surface area contributed by atoms with Crippen LogP contribution in [0.3, 0.4) is 0 Å². The molecule has 1 nitrogen and oxygen atoms in total. The summed E-state index contributed by atoms with van der Waals surface area (Å²) in [5.41, 5.74) is 0. The molecule has 0 spiro atoms. The summed E-state index contributed by atoms with van der Waals surface area (Å²) in [6, 6.07) is 0. The number of nitrogens with zero attached hydrogens (tertiary/aromatic N) is 1. The molecule has 0 aliphatic carbocycles. The molecule has 1 fully saturated rings. The lowest BCUT2D eigenvalue weighted by atomic mass is 9.64. The summed E-state index contributed by atoms with van der Waals surface area (Å²) >= 11 is 3.55. The molecule has 1 aliphatic rings. The fourth-order valence-corrected chi connectivity index (χ4v) is 3.16. The molecule has 0 bridgehead atoms. The largest absolute Gasteiger partial charge is 0.303 e. The molecule has 0 N–H and O–H groups in total. The second-order valence-electron chi connectivity index (χ2n) is 5.81. The second kappa shape index (κ2) is 8.58. The van der Waals surface area contributed by atoms with Gasteiger partial charge in [-0.25, -0.2) is 0 Å². The maximum Gasteiger partial charge on any atom is 0.0742 e. The lowest BCUT2D eigenvalue weighted by molar-refractivity contribution is 0.269. The Kier molecular flexibility index (Phi) is 7.85. The Morgan fingerprint density at radius 2 is 1.53 bits per heavy atom. The van der Waals surface area contributed by atoms with Crippen LogP contribution in [0.1, 0.15) is 58.3 Å². The first-order valence-corrected chi connectivity index (χ1v) is 8.33. The minimum atomic E-state index is 0.0828. The second-order valence-corrected chi connectivity index (χ2v) is 6.60. The quantitative estimate of drug-likeness (QED) is 0.546. The van der Waals surface area contributed by atoms with Crippen LogP contribution in [-0.2, 0) is 0 Å². The molecule has 1 atom stereocenters. The highest BCUT2D eigenvalue weighted by atomic mass is 79.9. The highest BCUT2D eigenvalue weighted by Gasteiger charge is 2.17. The highest BCUT2D eigenvalue weighted by molar-refractivity contribution is 9.09. The predicted molar refractivity (Wildman–Crippen MR) is 81.3 cm³/mol. The maximum absolute atomic E-state index is 6.33. The van der Waals surface area contributed by atoms with Crippen LogP contribution in [0.5, 0.6) is 0 Å². The molecule has 1 rings (SSSR count). The molecular weight excluding hydrogens is 273 g/mol. The lowest BCUT2D eigenvalue weighted by Gasteiger charge is -2.27. The van der Waals surface area contributed by atoms with Crippen LogP contribution in [0, 0.1) is 0 Å². The van der Waals surface area contributed by atoms with Crippen molar-refractivity contribution in [2.45, 2.75) is 63.6 Å². The summed E-state index contributed by atoms with van der Waals surface area (Å²) in [6.07, 6.45) is 10.4. The van der Waals surface area contributed by atoms with Gasteiger partial charge in [0.25, 0.3) is 0 Å². The molecule has 98 valence electrons. The first-order chi connectivity index (χ1) is 8.14. The van der Waals surface area contributed by atoms with Crippen molar-refractivity contribution in [2.75, 3.05) is 25.0 Å². The molecule has 1 aliphatic heterocycles. The van der Waals surface area contributed by atoms with Crippen LogP contribution in [0.2, 0.25) is 5.31 Å². The van der Waals surface area contributed by atoms with Crippen LogP contribution in [0.25, 0.3) is 0 Å². The van der Waals surface area contributed by atoms with Gasteiger partial charge in [0.2, 0.25) is 0 Å². The van der Waals surface area contributed by atoms with Crippen molar-refractivity contribution in [3.8, 4) is 0 Å². The lowest BCUT2D eigenvalue weighted by Crippen LogP contribution is -2.28. The number of alkyl halides is 1. The van der Waals surface area contributed by atoms with Gasteiger partial charge in [0.15, 0.2) is 0 Å². The zero-order valence-corrected chi connectivity index (χ0v) is 13.0. The first kappa shape index (κ1) is 15.6. The normalized spacial score (nSPS) is 30.5.